The Morgan fingerprint density at radius 3 is 2.54 bits per heavy atom. The van der Waals surface area contributed by atoms with Crippen LogP contribution in [0.2, 0.25) is 0 Å². The van der Waals surface area contributed by atoms with Gasteiger partial charge >= 0.3 is 0 Å². The zero-order chi connectivity index (χ0) is 48.1. The van der Waals surface area contributed by atoms with Gasteiger partial charge in [0.15, 0.2) is 17.5 Å². The number of methoxy groups -OCH3 is 1. The van der Waals surface area contributed by atoms with E-state index in [2.05, 4.69) is 68.8 Å². The zero-order valence-electron chi connectivity index (χ0n) is 41.6. The quantitative estimate of drug-likeness (QED) is 0.122. The number of aliphatic hydroxyl groups is 2. The third-order valence-corrected chi connectivity index (χ3v) is 17.9. The van der Waals surface area contributed by atoms with Crippen LogP contribution in [-0.2, 0) is 19.3 Å². The molecule has 8 bridgehead atoms. The van der Waals surface area contributed by atoms with Crippen LogP contribution in [-0.4, -0.2) is 78.0 Å². The molecule has 0 radical (unpaired) electrons. The Labute approximate surface area is 410 Å². The summed E-state index contributed by atoms with van der Waals surface area (Å²) in [5.74, 6) is 5.16. The topological polar surface area (TPSA) is 171 Å². The molecular formula is C58H78N4O7. The monoisotopic (exact) mass is 943 g/mol. The van der Waals surface area contributed by atoms with Crippen molar-refractivity contribution in [1.29, 1.82) is 0 Å². The van der Waals surface area contributed by atoms with Gasteiger partial charge in [0.1, 0.15) is 29.5 Å². The zero-order valence-corrected chi connectivity index (χ0v) is 41.6. The number of allylic oxidation sites excluding steroid dienone is 3. The minimum absolute atomic E-state index is 0.0331. The molecule has 11 nitrogen and oxygen atoms in total. The average Bonchev–Trinajstić information content (AvgIpc) is 3.88. The summed E-state index contributed by atoms with van der Waals surface area (Å²) < 4.78 is 20.4. The first-order valence-corrected chi connectivity index (χ1v) is 26.6. The summed E-state index contributed by atoms with van der Waals surface area (Å²) >= 11 is 0. The van der Waals surface area contributed by atoms with Gasteiger partial charge in [0.05, 0.1) is 19.3 Å². The number of aliphatic hydroxyl groups excluding tert-OH is 2. The third-order valence-electron chi connectivity index (χ3n) is 17.9. The van der Waals surface area contributed by atoms with Crippen LogP contribution in [0.15, 0.2) is 65.7 Å². The van der Waals surface area contributed by atoms with Gasteiger partial charge in [-0.1, -0.05) is 57.6 Å². The van der Waals surface area contributed by atoms with Crippen LogP contribution in [0.4, 0.5) is 0 Å². The fraction of sp³-hybridized carbons (Fsp3) is 0.603. The van der Waals surface area contributed by atoms with Gasteiger partial charge in [0, 0.05) is 48.7 Å². The SMILES string of the molecule is CCC1CC2C=CC1CC(O)CCCN=C(N)NCCC1C(CCCC13CC1C=CC(NC)C1C3)Oc1cc(ccc1O)C1Oc3cc(OC)c4c(c3CC1O)C2Cc1cc(O)c(CC(C)C)cc1-4. The summed E-state index contributed by atoms with van der Waals surface area (Å²) in [5, 5.41) is 53.8. The molecular weight excluding hydrogens is 865 g/mol. The molecule has 3 aromatic carbocycles. The van der Waals surface area contributed by atoms with Crippen molar-refractivity contribution in [2.75, 3.05) is 27.2 Å². The number of phenols is 2. The van der Waals surface area contributed by atoms with E-state index < -0.39 is 18.3 Å². The van der Waals surface area contributed by atoms with Crippen molar-refractivity contribution >= 4 is 5.96 Å². The number of hydrogen-bond donors (Lipinski definition) is 7. The van der Waals surface area contributed by atoms with Crippen LogP contribution in [0.3, 0.4) is 0 Å². The molecule has 1 spiro atoms. The third kappa shape index (κ3) is 9.25. The Hall–Kier alpha value is -4.71. The summed E-state index contributed by atoms with van der Waals surface area (Å²) in [7, 11) is 3.79. The Kier molecular flexibility index (Phi) is 13.8. The van der Waals surface area contributed by atoms with Gasteiger partial charge in [0.25, 0.3) is 0 Å². The minimum atomic E-state index is -0.879. The molecule has 0 aromatic heterocycles. The molecule has 0 amide bonds. The molecule has 2 fully saturated rings. The molecule has 5 heterocycles. The number of hydrogen-bond acceptors (Lipinski definition) is 11. The number of phenolic OH excluding ortho intramolecular Hbond substituents is 2. The fourth-order valence-electron chi connectivity index (χ4n) is 14.7. The number of aliphatic imine (C=N–C) groups is 1. The molecule has 11 heteroatoms. The molecule has 3 aromatic rings. The second-order valence-corrected chi connectivity index (χ2v) is 22.5. The van der Waals surface area contributed by atoms with Crippen molar-refractivity contribution in [3.05, 3.63) is 88.5 Å². The van der Waals surface area contributed by atoms with Crippen LogP contribution < -0.4 is 30.6 Å². The van der Waals surface area contributed by atoms with Crippen molar-refractivity contribution in [3.63, 3.8) is 0 Å². The van der Waals surface area contributed by atoms with Gasteiger partial charge in [0.2, 0.25) is 0 Å². The Morgan fingerprint density at radius 2 is 1.74 bits per heavy atom. The predicted octanol–water partition coefficient (Wildman–Crippen LogP) is 9.42. The first kappa shape index (κ1) is 47.9. The molecule has 10 aliphatic rings. The van der Waals surface area contributed by atoms with Gasteiger partial charge < -0.3 is 51.0 Å². The molecule has 5 aliphatic carbocycles. The number of guanidine groups is 1. The first-order chi connectivity index (χ1) is 33.4. The molecule has 69 heavy (non-hydrogen) atoms. The first-order valence-electron chi connectivity index (χ1n) is 26.6. The molecule has 2 saturated carbocycles. The average molecular weight is 943 g/mol. The highest BCUT2D eigenvalue weighted by atomic mass is 16.5. The molecule has 13 atom stereocenters. The molecule has 13 rings (SSSR count). The van der Waals surface area contributed by atoms with Crippen molar-refractivity contribution in [3.8, 4) is 39.9 Å². The lowest BCUT2D eigenvalue weighted by atomic mass is 9.62. The van der Waals surface area contributed by atoms with Gasteiger partial charge in [-0.25, -0.2) is 0 Å². The van der Waals surface area contributed by atoms with Crippen molar-refractivity contribution in [2.24, 2.45) is 57.6 Å². The second-order valence-electron chi connectivity index (χ2n) is 22.5. The lowest BCUT2D eigenvalue weighted by molar-refractivity contribution is -0.0191. The number of benzene rings is 3. The lowest BCUT2D eigenvalue weighted by Crippen LogP contribution is -2.46. The van der Waals surface area contributed by atoms with Gasteiger partial charge in [-0.3, -0.25) is 4.99 Å². The van der Waals surface area contributed by atoms with Crippen LogP contribution in [0.5, 0.6) is 28.7 Å². The van der Waals surface area contributed by atoms with E-state index in [1.807, 2.05) is 24.3 Å². The van der Waals surface area contributed by atoms with Crippen molar-refractivity contribution < 1.29 is 34.6 Å². The van der Waals surface area contributed by atoms with E-state index in [9.17, 15) is 20.4 Å². The second kappa shape index (κ2) is 19.8. The lowest BCUT2D eigenvalue weighted by Gasteiger charge is -2.47. The maximum atomic E-state index is 12.4. The number of likely N-dealkylation sites (N-methyl/N-ethyl adjacent to an activating group) is 1. The summed E-state index contributed by atoms with van der Waals surface area (Å²) in [6.07, 6.45) is 19.5. The van der Waals surface area contributed by atoms with E-state index in [-0.39, 0.29) is 40.9 Å². The highest BCUT2D eigenvalue weighted by Crippen LogP contribution is 2.61. The Morgan fingerprint density at radius 1 is 0.913 bits per heavy atom. The number of nitrogens with one attached hydrogen (secondary N) is 2. The molecule has 5 aliphatic heterocycles. The maximum Gasteiger partial charge on any atom is 0.188 e. The van der Waals surface area contributed by atoms with E-state index in [1.54, 1.807) is 13.2 Å². The summed E-state index contributed by atoms with van der Waals surface area (Å²) in [6, 6.07) is 12.0. The van der Waals surface area contributed by atoms with Gasteiger partial charge in [-0.15, -0.1) is 0 Å². The number of nitrogens with zero attached hydrogens (tertiary/aromatic N) is 1. The number of nitrogens with two attached hydrogens (primary N) is 1. The van der Waals surface area contributed by atoms with Crippen molar-refractivity contribution in [2.45, 2.75) is 147 Å². The van der Waals surface area contributed by atoms with E-state index in [0.717, 1.165) is 110 Å². The number of fused-ring (bicyclic) bond motifs is 3. The summed E-state index contributed by atoms with van der Waals surface area (Å²) in [5.41, 5.74) is 13.6. The predicted molar refractivity (Wildman–Crippen MR) is 272 cm³/mol. The largest absolute Gasteiger partial charge is 0.508 e. The Balaban J connectivity index is 1.05. The van der Waals surface area contributed by atoms with Gasteiger partial charge in [-0.05, 0) is 183 Å². The van der Waals surface area contributed by atoms with Crippen LogP contribution >= 0.6 is 0 Å². The van der Waals surface area contributed by atoms with E-state index in [4.69, 9.17) is 24.9 Å². The minimum Gasteiger partial charge on any atom is -0.508 e. The number of rotatable bonds is 5. The van der Waals surface area contributed by atoms with E-state index >= 15 is 0 Å². The molecule has 372 valence electrons. The summed E-state index contributed by atoms with van der Waals surface area (Å²) in [6.45, 7) is 7.82. The Bertz CT molecular complexity index is 2450. The molecule has 13 unspecified atom stereocenters. The van der Waals surface area contributed by atoms with Crippen LogP contribution in [0, 0.1) is 46.8 Å². The van der Waals surface area contributed by atoms with Gasteiger partial charge in [-0.2, -0.15) is 0 Å². The molecule has 0 saturated heterocycles. The fourth-order valence-corrected chi connectivity index (χ4v) is 14.7. The smallest absolute Gasteiger partial charge is 0.188 e. The van der Waals surface area contributed by atoms with E-state index in [0.29, 0.717) is 91.0 Å². The maximum absolute atomic E-state index is 12.4. The van der Waals surface area contributed by atoms with Crippen LogP contribution in [0.1, 0.15) is 131 Å². The highest BCUT2D eigenvalue weighted by molar-refractivity contribution is 5.84. The number of ether oxygens (including phenoxy) is 3. The molecule has 8 N–H and O–H groups in total. The van der Waals surface area contributed by atoms with E-state index in [1.165, 1.54) is 0 Å². The van der Waals surface area contributed by atoms with Crippen LogP contribution in [0.25, 0.3) is 11.1 Å². The normalized spacial score (nSPS) is 34.1. The number of aromatic hydroxyl groups is 2. The summed E-state index contributed by atoms with van der Waals surface area (Å²) in [4.78, 5) is 4.71. The standard InChI is InChI=1S/C58H78N4O7/c1-6-33-22-35-12-11-34(33)23-40(63)9-8-19-61-57(59)62-20-17-45-50(10-7-18-58(45)30-37-13-15-46(60-4)44(37)31-58)68-52-27-36(14-16-47(52)64)56-49(66)28-43-51(69-56)29-53(67-5)55-42-25-39(21-32(2)3)48(65)26-38(42)24-41(35)54(43)55/h11-16,25-27,29,32-35,37,40-41,44-46,49-50,56,60,63-66H,6-10,17-24,28,30-31H2,1-5H3,(H3,59,61,62). The van der Waals surface area contributed by atoms with Crippen molar-refractivity contribution in [1.82, 2.24) is 10.6 Å². The highest BCUT2D eigenvalue weighted by Gasteiger charge is 2.55.